The maximum Gasteiger partial charge on any atom is 0.0572 e. The summed E-state index contributed by atoms with van der Waals surface area (Å²) in [7, 11) is 0. The van der Waals surface area contributed by atoms with Gasteiger partial charge in [0, 0.05) is 16.9 Å². The maximum absolute atomic E-state index is 5.89. The van der Waals surface area contributed by atoms with Gasteiger partial charge < -0.3 is 16.0 Å². The SMILES string of the molecule is C=C/C(=C\c1c(C)c(C)c(-c2ccc(-c3ccc(/C(C=C)=C/C)cc3)cc2C=C)n1-c1ccccc1)C/C=C\C(=C/N)C/C=C\C=C/N. The molecule has 3 heteroatoms. The highest BCUT2D eigenvalue weighted by atomic mass is 15.0. The minimum absolute atomic E-state index is 0.717. The zero-order chi connectivity index (χ0) is 34.5. The van der Waals surface area contributed by atoms with Crippen LogP contribution >= 0.6 is 0 Å². The average Bonchev–Trinajstić information content (AvgIpc) is 3.37. The van der Waals surface area contributed by atoms with Gasteiger partial charge in [0.1, 0.15) is 0 Å². The normalized spacial score (nSPS) is 12.8. The first-order valence-electron chi connectivity index (χ1n) is 16.3. The van der Waals surface area contributed by atoms with E-state index in [2.05, 4.69) is 135 Å². The Kier molecular flexibility index (Phi) is 12.6. The molecule has 242 valence electrons. The van der Waals surface area contributed by atoms with Crippen LogP contribution in [0, 0.1) is 13.8 Å². The Morgan fingerprint density at radius 3 is 2.10 bits per heavy atom. The van der Waals surface area contributed by atoms with Gasteiger partial charge >= 0.3 is 0 Å². The second-order valence-corrected chi connectivity index (χ2v) is 11.5. The average molecular weight is 630 g/mol. The molecule has 4 N–H and O–H groups in total. The molecule has 0 atom stereocenters. The fourth-order valence-electron chi connectivity index (χ4n) is 5.81. The minimum atomic E-state index is 0.717. The molecule has 0 radical (unpaired) electrons. The van der Waals surface area contributed by atoms with E-state index in [1.807, 2.05) is 37.3 Å². The van der Waals surface area contributed by atoms with E-state index in [9.17, 15) is 0 Å². The molecule has 3 nitrogen and oxygen atoms in total. The first-order valence-corrected chi connectivity index (χ1v) is 16.3. The third-order valence-electron chi connectivity index (χ3n) is 8.59. The van der Waals surface area contributed by atoms with Crippen molar-refractivity contribution in [3.8, 4) is 28.1 Å². The molecular weight excluding hydrogens is 583 g/mol. The smallest absolute Gasteiger partial charge is 0.0572 e. The number of allylic oxidation sites excluding steroid dienone is 11. The summed E-state index contributed by atoms with van der Waals surface area (Å²) in [6.45, 7) is 18.8. The molecule has 4 aromatic rings. The van der Waals surface area contributed by atoms with Crippen molar-refractivity contribution in [2.45, 2.75) is 33.6 Å². The Bertz CT molecular complexity index is 1940. The molecule has 1 heterocycles. The second-order valence-electron chi connectivity index (χ2n) is 11.5. The van der Waals surface area contributed by atoms with Gasteiger partial charge in [0.2, 0.25) is 0 Å². The molecule has 0 fully saturated rings. The molecule has 0 spiro atoms. The summed E-state index contributed by atoms with van der Waals surface area (Å²) in [5.41, 5.74) is 26.0. The van der Waals surface area contributed by atoms with Crippen molar-refractivity contribution < 1.29 is 0 Å². The van der Waals surface area contributed by atoms with Gasteiger partial charge in [-0.25, -0.2) is 0 Å². The van der Waals surface area contributed by atoms with Crippen LogP contribution in [0.5, 0.6) is 0 Å². The molecule has 1 aromatic heterocycles. The molecule has 0 saturated carbocycles. The molecule has 0 amide bonds. The van der Waals surface area contributed by atoms with E-state index in [1.54, 1.807) is 12.3 Å². The predicted octanol–water partition coefficient (Wildman–Crippen LogP) is 11.4. The third kappa shape index (κ3) is 8.12. The largest absolute Gasteiger partial charge is 0.405 e. The summed E-state index contributed by atoms with van der Waals surface area (Å²) >= 11 is 0. The van der Waals surface area contributed by atoms with Gasteiger partial charge in [-0.1, -0.05) is 123 Å². The quantitative estimate of drug-likeness (QED) is 0.136. The maximum atomic E-state index is 5.89. The van der Waals surface area contributed by atoms with Crippen molar-refractivity contribution in [1.82, 2.24) is 4.57 Å². The van der Waals surface area contributed by atoms with Crippen LogP contribution in [0.1, 0.15) is 47.7 Å². The monoisotopic (exact) mass is 629 g/mol. The van der Waals surface area contributed by atoms with Crippen LogP contribution in [0.25, 0.3) is 45.8 Å². The first kappa shape index (κ1) is 35.1. The Balaban J connectivity index is 1.79. The predicted molar refractivity (Wildman–Crippen MR) is 211 cm³/mol. The lowest BCUT2D eigenvalue weighted by Gasteiger charge is -2.17. The number of aromatic nitrogens is 1. The summed E-state index contributed by atoms with van der Waals surface area (Å²) in [6, 6.07) is 25.8. The van der Waals surface area contributed by atoms with Crippen molar-refractivity contribution >= 4 is 17.7 Å². The highest BCUT2D eigenvalue weighted by Gasteiger charge is 2.21. The molecule has 0 saturated heterocycles. The third-order valence-corrected chi connectivity index (χ3v) is 8.59. The lowest BCUT2D eigenvalue weighted by molar-refractivity contribution is 1.06. The van der Waals surface area contributed by atoms with Crippen molar-refractivity contribution in [2.24, 2.45) is 11.5 Å². The van der Waals surface area contributed by atoms with Crippen LogP contribution in [0.2, 0.25) is 0 Å². The topological polar surface area (TPSA) is 57.0 Å². The number of benzene rings is 3. The Morgan fingerprint density at radius 2 is 1.48 bits per heavy atom. The highest BCUT2D eigenvalue weighted by molar-refractivity contribution is 5.84. The van der Waals surface area contributed by atoms with Gasteiger partial charge in [-0.2, -0.15) is 0 Å². The van der Waals surface area contributed by atoms with E-state index in [0.29, 0.717) is 0 Å². The molecule has 48 heavy (non-hydrogen) atoms. The minimum Gasteiger partial charge on any atom is -0.405 e. The number of hydrogen-bond acceptors (Lipinski definition) is 2. The summed E-state index contributed by atoms with van der Waals surface area (Å²) < 4.78 is 2.36. The van der Waals surface area contributed by atoms with E-state index in [4.69, 9.17) is 11.5 Å². The van der Waals surface area contributed by atoms with Gasteiger partial charge in [0.05, 0.1) is 5.69 Å². The zero-order valence-electron chi connectivity index (χ0n) is 28.5. The summed E-state index contributed by atoms with van der Waals surface area (Å²) in [4.78, 5) is 0. The lowest BCUT2D eigenvalue weighted by Crippen LogP contribution is -2.01. The fraction of sp³-hybridized carbons (Fsp3) is 0.111. The van der Waals surface area contributed by atoms with Crippen molar-refractivity contribution in [3.63, 3.8) is 0 Å². The number of hydrogen-bond donors (Lipinski definition) is 2. The van der Waals surface area contributed by atoms with Gasteiger partial charge in [-0.05, 0) is 126 Å². The van der Waals surface area contributed by atoms with Gasteiger partial charge in [-0.3, -0.25) is 0 Å². The highest BCUT2D eigenvalue weighted by Crippen LogP contribution is 2.39. The number of nitrogens with two attached hydrogens (primary N) is 2. The van der Waals surface area contributed by atoms with Crippen LogP contribution in [0.4, 0.5) is 0 Å². The summed E-state index contributed by atoms with van der Waals surface area (Å²) in [6.07, 6.45) is 24.7. The lowest BCUT2D eigenvalue weighted by atomic mass is 9.94. The fourth-order valence-corrected chi connectivity index (χ4v) is 5.81. The van der Waals surface area contributed by atoms with Gasteiger partial charge in [0.25, 0.3) is 0 Å². The van der Waals surface area contributed by atoms with Gasteiger partial charge in [-0.15, -0.1) is 0 Å². The van der Waals surface area contributed by atoms with E-state index < -0.39 is 0 Å². The van der Waals surface area contributed by atoms with E-state index in [1.165, 1.54) is 17.3 Å². The molecule has 4 rings (SSSR count). The molecule has 0 aliphatic heterocycles. The van der Waals surface area contributed by atoms with E-state index in [0.717, 1.165) is 74.5 Å². The van der Waals surface area contributed by atoms with Crippen LogP contribution in [0.15, 0.2) is 165 Å². The molecule has 3 aromatic carbocycles. The van der Waals surface area contributed by atoms with E-state index in [-0.39, 0.29) is 0 Å². The summed E-state index contributed by atoms with van der Waals surface area (Å²) in [5.74, 6) is 0. The molecular formula is C45H47N3. The Morgan fingerprint density at radius 1 is 0.771 bits per heavy atom. The first-order chi connectivity index (χ1) is 23.4. The Hall–Kier alpha value is -5.80. The molecule has 0 aliphatic carbocycles. The van der Waals surface area contributed by atoms with Crippen LogP contribution < -0.4 is 11.5 Å². The second kappa shape index (κ2) is 17.2. The van der Waals surface area contributed by atoms with Crippen LogP contribution in [-0.4, -0.2) is 4.57 Å². The van der Waals surface area contributed by atoms with Crippen molar-refractivity contribution in [1.29, 1.82) is 0 Å². The van der Waals surface area contributed by atoms with Gasteiger partial charge in [0.15, 0.2) is 0 Å². The number of para-hydroxylation sites is 1. The number of nitrogens with zero attached hydrogens (tertiary/aromatic N) is 1. The van der Waals surface area contributed by atoms with Crippen LogP contribution in [-0.2, 0) is 0 Å². The van der Waals surface area contributed by atoms with Crippen molar-refractivity contribution in [2.75, 3.05) is 0 Å². The zero-order valence-corrected chi connectivity index (χ0v) is 28.5. The van der Waals surface area contributed by atoms with Crippen molar-refractivity contribution in [3.05, 3.63) is 193 Å². The van der Waals surface area contributed by atoms with Crippen LogP contribution in [0.3, 0.4) is 0 Å². The standard InChI is InChI=1S/C45H47N3/c1-7-35(19-17-20-36(32-47)18-13-12-16-29-46)30-44-33(5)34(6)45(48(44)42-21-14-11-15-22-42)43-28-27-41(31-38(43)10-4)40-25-23-39(24-26-40)37(8-2)9-3/h7-17,20-32H,1-2,4,18-19,46-47H2,3,5-6H3/b13-12-,20-17-,29-16-,35-30+,36-32-,37-9+. The number of rotatable bonds is 14. The summed E-state index contributed by atoms with van der Waals surface area (Å²) in [5, 5.41) is 0. The molecule has 0 bridgehead atoms. The van der Waals surface area contributed by atoms with E-state index >= 15 is 0 Å². The molecule has 0 aliphatic rings. The Labute approximate surface area is 287 Å². The molecule has 0 unspecified atom stereocenters.